The number of fused-ring (bicyclic) bond motifs is 12. The van der Waals surface area contributed by atoms with Gasteiger partial charge in [-0.2, -0.15) is 15.0 Å². The monoisotopic (exact) mass is 650 g/mol. The van der Waals surface area contributed by atoms with Gasteiger partial charge in [0.05, 0.1) is 38.6 Å². The molecule has 6 heteroatoms. The van der Waals surface area contributed by atoms with E-state index in [9.17, 15) is 0 Å². The third-order valence-corrected chi connectivity index (χ3v) is 10.7. The number of rotatable bonds is 3. The van der Waals surface area contributed by atoms with Crippen molar-refractivity contribution in [3.05, 3.63) is 158 Å². The fourth-order valence-corrected chi connectivity index (χ4v) is 8.53. The molecule has 236 valence electrons. The normalized spacial score (nSPS) is 12.3. The molecule has 5 aromatic heterocycles. The summed E-state index contributed by atoms with van der Waals surface area (Å²) in [4.78, 5) is 15.9. The van der Waals surface area contributed by atoms with Gasteiger partial charge < -0.3 is 4.40 Å². The molecule has 5 heterocycles. The predicted molar refractivity (Wildman–Crippen MR) is 209 cm³/mol. The number of para-hydroxylation sites is 6. The van der Waals surface area contributed by atoms with E-state index >= 15 is 0 Å². The Kier molecular flexibility index (Phi) is 5.14. The molecule has 12 aromatic rings. The van der Waals surface area contributed by atoms with Gasteiger partial charge in [-0.25, -0.2) is 0 Å². The maximum Gasteiger partial charge on any atom is 0.240 e. The quantitative estimate of drug-likeness (QED) is 0.191. The van der Waals surface area contributed by atoms with Crippen molar-refractivity contribution in [1.82, 2.24) is 28.5 Å². The highest BCUT2D eigenvalue weighted by Crippen LogP contribution is 2.40. The molecule has 0 unspecified atom stereocenters. The molecule has 7 aromatic carbocycles. The molecule has 0 saturated heterocycles. The van der Waals surface area contributed by atoms with E-state index in [0.29, 0.717) is 17.7 Å². The van der Waals surface area contributed by atoms with E-state index in [4.69, 9.17) is 15.0 Å². The lowest BCUT2D eigenvalue weighted by atomic mass is 10.1. The van der Waals surface area contributed by atoms with E-state index in [1.54, 1.807) is 0 Å². The van der Waals surface area contributed by atoms with E-state index in [1.165, 1.54) is 38.1 Å². The number of hydrogen-bond acceptors (Lipinski definition) is 3. The van der Waals surface area contributed by atoms with Crippen LogP contribution in [0.2, 0.25) is 0 Å². The Hall–Kier alpha value is -7.05. The van der Waals surface area contributed by atoms with Gasteiger partial charge in [0, 0.05) is 48.7 Å². The summed E-state index contributed by atoms with van der Waals surface area (Å²) in [6.45, 7) is 0. The van der Waals surface area contributed by atoms with Crippen LogP contribution in [-0.2, 0) is 0 Å². The van der Waals surface area contributed by atoms with Crippen LogP contribution in [0.1, 0.15) is 0 Å². The number of aromatic nitrogens is 6. The predicted octanol–water partition coefficient (Wildman–Crippen LogP) is 10.9. The molecule has 0 saturated carbocycles. The molecule has 0 radical (unpaired) electrons. The van der Waals surface area contributed by atoms with Gasteiger partial charge in [-0.15, -0.1) is 0 Å². The van der Waals surface area contributed by atoms with Gasteiger partial charge in [-0.3, -0.25) is 9.13 Å². The second-order valence-electron chi connectivity index (χ2n) is 13.3. The zero-order valence-corrected chi connectivity index (χ0v) is 27.2. The highest BCUT2D eigenvalue weighted by Gasteiger charge is 2.22. The van der Waals surface area contributed by atoms with Gasteiger partial charge in [0.15, 0.2) is 5.82 Å². The molecule has 12 rings (SSSR count). The summed E-state index contributed by atoms with van der Waals surface area (Å²) in [5.41, 5.74) is 8.78. The summed E-state index contributed by atoms with van der Waals surface area (Å²) in [5, 5.41) is 9.58. The van der Waals surface area contributed by atoms with Crippen LogP contribution in [0.15, 0.2) is 158 Å². The van der Waals surface area contributed by atoms with Crippen LogP contribution in [0.5, 0.6) is 0 Å². The minimum absolute atomic E-state index is 0.578. The number of benzene rings is 7. The van der Waals surface area contributed by atoms with E-state index < -0.39 is 0 Å². The first kappa shape index (κ1) is 26.9. The van der Waals surface area contributed by atoms with Crippen LogP contribution in [0.4, 0.5) is 0 Å². The van der Waals surface area contributed by atoms with E-state index in [1.807, 2.05) is 0 Å². The third-order valence-electron chi connectivity index (χ3n) is 10.7. The first-order chi connectivity index (χ1) is 25.3. The molecule has 0 fully saturated rings. The molecule has 0 aliphatic heterocycles. The fraction of sp³-hybridized carbons (Fsp3) is 0. The lowest BCUT2D eigenvalue weighted by Gasteiger charge is -2.12. The van der Waals surface area contributed by atoms with Crippen LogP contribution in [-0.4, -0.2) is 28.5 Å². The van der Waals surface area contributed by atoms with Gasteiger partial charge in [0.1, 0.15) is 0 Å². The van der Waals surface area contributed by atoms with Crippen molar-refractivity contribution < 1.29 is 0 Å². The van der Waals surface area contributed by atoms with Crippen molar-refractivity contribution in [3.8, 4) is 23.3 Å². The Labute approximate surface area is 290 Å². The SMILES string of the molecule is c1ccc2c(c1)c1ccccc1n2-c1nc(-c2ccc3c(c2)c2cccc4c5ccccc5n3c42)nc(-n2c3ccccc3c3ccccc32)n1. The van der Waals surface area contributed by atoms with Crippen molar-refractivity contribution in [2.24, 2.45) is 0 Å². The summed E-state index contributed by atoms with van der Waals surface area (Å²) in [7, 11) is 0. The Bertz CT molecular complexity index is 3140. The summed E-state index contributed by atoms with van der Waals surface area (Å²) < 4.78 is 6.76. The van der Waals surface area contributed by atoms with Crippen molar-refractivity contribution >= 4 is 81.7 Å². The first-order valence-electron chi connectivity index (χ1n) is 17.2. The molecule has 0 spiro atoms. The standard InChI is InChI=1S/C45H26N6/c1-7-20-37-28(12-1)29-13-2-8-21-38(29)50(37)44-46-43(47-45(48-44)51-39-22-9-3-14-30(39)31-15-4-10-23-40(31)51)27-24-25-41-35(26-27)34-18-11-17-33-32-16-5-6-19-36(32)49(41)42(33)34/h1-26H. The van der Waals surface area contributed by atoms with Crippen molar-refractivity contribution in [2.75, 3.05) is 0 Å². The van der Waals surface area contributed by atoms with Gasteiger partial charge in [-0.1, -0.05) is 109 Å². The molecule has 0 bridgehead atoms. The van der Waals surface area contributed by atoms with Crippen LogP contribution < -0.4 is 0 Å². The number of nitrogens with zero attached hydrogens (tertiary/aromatic N) is 6. The second kappa shape index (κ2) is 9.77. The van der Waals surface area contributed by atoms with Gasteiger partial charge >= 0.3 is 0 Å². The molecule has 0 amide bonds. The third kappa shape index (κ3) is 3.52. The fourth-order valence-electron chi connectivity index (χ4n) is 8.53. The van der Waals surface area contributed by atoms with Crippen molar-refractivity contribution in [2.45, 2.75) is 0 Å². The lowest BCUT2D eigenvalue weighted by Crippen LogP contribution is -2.10. The zero-order chi connectivity index (χ0) is 33.2. The molecule has 0 aliphatic rings. The van der Waals surface area contributed by atoms with E-state index in [2.05, 4.69) is 171 Å². The van der Waals surface area contributed by atoms with Crippen molar-refractivity contribution in [3.63, 3.8) is 0 Å². The van der Waals surface area contributed by atoms with E-state index in [0.717, 1.165) is 49.2 Å². The Morgan fingerprint density at radius 1 is 0.314 bits per heavy atom. The minimum atomic E-state index is 0.578. The minimum Gasteiger partial charge on any atom is -0.308 e. The number of hydrogen-bond donors (Lipinski definition) is 0. The molecule has 0 atom stereocenters. The Balaban J connectivity index is 1.19. The van der Waals surface area contributed by atoms with Gasteiger partial charge in [0.25, 0.3) is 0 Å². The molecule has 6 nitrogen and oxygen atoms in total. The molecule has 51 heavy (non-hydrogen) atoms. The topological polar surface area (TPSA) is 52.9 Å². The van der Waals surface area contributed by atoms with Crippen LogP contribution in [0, 0.1) is 0 Å². The highest BCUT2D eigenvalue weighted by atomic mass is 15.3. The van der Waals surface area contributed by atoms with Crippen LogP contribution in [0.25, 0.3) is 105 Å². The highest BCUT2D eigenvalue weighted by molar-refractivity contribution is 6.23. The lowest BCUT2D eigenvalue weighted by molar-refractivity contribution is 0.893. The summed E-state index contributed by atoms with van der Waals surface area (Å²) in [6, 6.07) is 55.9. The summed E-state index contributed by atoms with van der Waals surface area (Å²) in [5.74, 6) is 1.78. The van der Waals surface area contributed by atoms with Gasteiger partial charge in [0.2, 0.25) is 11.9 Å². The zero-order valence-electron chi connectivity index (χ0n) is 27.2. The second-order valence-corrected chi connectivity index (χ2v) is 13.3. The van der Waals surface area contributed by atoms with Crippen molar-refractivity contribution in [1.29, 1.82) is 0 Å². The molecule has 0 N–H and O–H groups in total. The molecule has 0 aliphatic carbocycles. The Morgan fingerprint density at radius 2 is 0.706 bits per heavy atom. The largest absolute Gasteiger partial charge is 0.308 e. The molecular formula is C45H26N6. The summed E-state index contributed by atoms with van der Waals surface area (Å²) >= 11 is 0. The van der Waals surface area contributed by atoms with Crippen LogP contribution >= 0.6 is 0 Å². The molecular weight excluding hydrogens is 625 g/mol. The average Bonchev–Trinajstić information content (AvgIpc) is 3.92. The van der Waals surface area contributed by atoms with E-state index in [-0.39, 0.29) is 0 Å². The average molecular weight is 651 g/mol. The first-order valence-corrected chi connectivity index (χ1v) is 17.2. The Morgan fingerprint density at radius 3 is 1.22 bits per heavy atom. The smallest absolute Gasteiger partial charge is 0.240 e. The maximum atomic E-state index is 5.31. The maximum absolute atomic E-state index is 5.31. The van der Waals surface area contributed by atoms with Crippen LogP contribution in [0.3, 0.4) is 0 Å². The van der Waals surface area contributed by atoms with Gasteiger partial charge in [-0.05, 0) is 48.5 Å². The summed E-state index contributed by atoms with van der Waals surface area (Å²) in [6.07, 6.45) is 0.